The Hall–Kier alpha value is -1.88. The molecule has 0 spiro atoms. The summed E-state index contributed by atoms with van der Waals surface area (Å²) in [7, 11) is 3.57. The van der Waals surface area contributed by atoms with Gasteiger partial charge in [-0.25, -0.2) is 4.98 Å². The number of methoxy groups -OCH3 is 1. The van der Waals surface area contributed by atoms with Gasteiger partial charge in [-0.3, -0.25) is 9.36 Å². The summed E-state index contributed by atoms with van der Waals surface area (Å²) in [5.41, 5.74) is 0.703. The van der Waals surface area contributed by atoms with Crippen molar-refractivity contribution in [2.45, 2.75) is 46.6 Å². The van der Waals surface area contributed by atoms with Crippen LogP contribution in [0.3, 0.4) is 0 Å². The van der Waals surface area contributed by atoms with Crippen LogP contribution in [0.2, 0.25) is 0 Å². The van der Waals surface area contributed by atoms with E-state index >= 15 is 0 Å². The van der Waals surface area contributed by atoms with E-state index < -0.39 is 0 Å². The number of aromatic nitrogens is 2. The maximum absolute atomic E-state index is 13.0. The summed E-state index contributed by atoms with van der Waals surface area (Å²) in [4.78, 5) is 17.8. The largest absolute Gasteiger partial charge is 0.494 e. The van der Waals surface area contributed by atoms with Gasteiger partial charge in [0.15, 0.2) is 0 Å². The highest BCUT2D eigenvalue weighted by atomic mass is 16.5. The summed E-state index contributed by atoms with van der Waals surface area (Å²) in [5, 5.41) is 3.78. The lowest BCUT2D eigenvalue weighted by molar-refractivity contribution is 0.330. The number of nitrogens with one attached hydrogen (secondary N) is 1. The second kappa shape index (κ2) is 7.79. The molecule has 0 unspecified atom stereocenters. The molecule has 0 amide bonds. The number of benzene rings is 1. The summed E-state index contributed by atoms with van der Waals surface area (Å²) in [6.45, 7) is 8.05. The number of unbranched alkanes of at least 4 members (excludes halogenated alkanes) is 1. The molecule has 1 aromatic heterocycles. The molecule has 132 valence electrons. The van der Waals surface area contributed by atoms with Crippen molar-refractivity contribution in [3.05, 3.63) is 34.4 Å². The van der Waals surface area contributed by atoms with Crippen molar-refractivity contribution in [3.63, 3.8) is 0 Å². The van der Waals surface area contributed by atoms with Crippen LogP contribution >= 0.6 is 0 Å². The first-order chi connectivity index (χ1) is 11.4. The molecule has 2 aromatic rings. The van der Waals surface area contributed by atoms with E-state index in [1.807, 2.05) is 29.8 Å². The molecule has 0 saturated heterocycles. The van der Waals surface area contributed by atoms with E-state index in [2.05, 4.69) is 26.1 Å². The minimum Gasteiger partial charge on any atom is -0.494 e. The lowest BCUT2D eigenvalue weighted by Crippen LogP contribution is -2.31. The molecule has 5 heteroatoms. The van der Waals surface area contributed by atoms with Gasteiger partial charge in [0.1, 0.15) is 17.1 Å². The van der Waals surface area contributed by atoms with Crippen molar-refractivity contribution in [2.24, 2.45) is 5.41 Å². The smallest absolute Gasteiger partial charge is 0.261 e. The average molecular weight is 331 g/mol. The number of hydrogen-bond acceptors (Lipinski definition) is 4. The van der Waals surface area contributed by atoms with Crippen LogP contribution in [0.5, 0.6) is 5.75 Å². The summed E-state index contributed by atoms with van der Waals surface area (Å²) in [6, 6.07) is 5.53. The third-order valence-electron chi connectivity index (χ3n) is 3.96. The van der Waals surface area contributed by atoms with Crippen LogP contribution in [0.15, 0.2) is 23.0 Å². The third-order valence-corrected chi connectivity index (χ3v) is 3.96. The molecule has 0 aliphatic carbocycles. The van der Waals surface area contributed by atoms with Crippen LogP contribution in [0.25, 0.3) is 10.9 Å². The highest BCUT2D eigenvalue weighted by molar-refractivity contribution is 5.83. The fourth-order valence-corrected chi connectivity index (χ4v) is 2.84. The van der Waals surface area contributed by atoms with Gasteiger partial charge in [0, 0.05) is 13.0 Å². The zero-order valence-corrected chi connectivity index (χ0v) is 15.5. The monoisotopic (exact) mass is 331 g/mol. The van der Waals surface area contributed by atoms with E-state index in [0.717, 1.165) is 31.6 Å². The van der Waals surface area contributed by atoms with Crippen molar-refractivity contribution in [2.75, 3.05) is 20.7 Å². The second-order valence-electron chi connectivity index (χ2n) is 7.40. The van der Waals surface area contributed by atoms with Gasteiger partial charge in [-0.2, -0.15) is 0 Å². The number of aryl methyl sites for hydroxylation is 1. The molecule has 1 aromatic carbocycles. The van der Waals surface area contributed by atoms with Gasteiger partial charge in [0.25, 0.3) is 5.56 Å². The molecule has 5 nitrogen and oxygen atoms in total. The van der Waals surface area contributed by atoms with Gasteiger partial charge in [0.2, 0.25) is 0 Å². The van der Waals surface area contributed by atoms with Crippen LogP contribution in [-0.4, -0.2) is 30.3 Å². The zero-order chi connectivity index (χ0) is 17.7. The summed E-state index contributed by atoms with van der Waals surface area (Å²) in [5.74, 6) is 1.51. The van der Waals surface area contributed by atoms with Crippen molar-refractivity contribution in [3.8, 4) is 5.75 Å². The molecular weight excluding hydrogens is 302 g/mol. The normalized spacial score (nSPS) is 11.9. The minimum atomic E-state index is 0.0117. The van der Waals surface area contributed by atoms with E-state index in [1.165, 1.54) is 0 Å². The van der Waals surface area contributed by atoms with Gasteiger partial charge in [0.05, 0.1) is 12.5 Å². The van der Waals surface area contributed by atoms with Crippen molar-refractivity contribution >= 4 is 10.9 Å². The Balaban J connectivity index is 2.53. The lowest BCUT2D eigenvalue weighted by atomic mass is 9.96. The van der Waals surface area contributed by atoms with Gasteiger partial charge in [-0.15, -0.1) is 0 Å². The molecule has 1 heterocycles. The number of rotatable bonds is 7. The Bertz CT molecular complexity index is 745. The molecule has 24 heavy (non-hydrogen) atoms. The number of hydrogen-bond donors (Lipinski definition) is 1. The van der Waals surface area contributed by atoms with Crippen LogP contribution < -0.4 is 15.6 Å². The summed E-state index contributed by atoms with van der Waals surface area (Å²) >= 11 is 0. The van der Waals surface area contributed by atoms with Gasteiger partial charge < -0.3 is 10.1 Å². The summed E-state index contributed by atoms with van der Waals surface area (Å²) < 4.78 is 7.25. The molecule has 0 aliphatic heterocycles. The van der Waals surface area contributed by atoms with Crippen LogP contribution in [0.4, 0.5) is 0 Å². The van der Waals surface area contributed by atoms with E-state index in [9.17, 15) is 4.79 Å². The zero-order valence-electron chi connectivity index (χ0n) is 15.5. The number of para-hydroxylation sites is 1. The second-order valence-corrected chi connectivity index (χ2v) is 7.40. The van der Waals surface area contributed by atoms with E-state index in [4.69, 9.17) is 9.72 Å². The van der Waals surface area contributed by atoms with E-state index in [1.54, 1.807) is 7.11 Å². The predicted molar refractivity (Wildman–Crippen MR) is 98.9 cm³/mol. The topological polar surface area (TPSA) is 56.2 Å². The molecule has 0 fully saturated rings. The first-order valence-corrected chi connectivity index (χ1v) is 8.58. The highest BCUT2D eigenvalue weighted by Crippen LogP contribution is 2.23. The minimum absolute atomic E-state index is 0.0117. The van der Waals surface area contributed by atoms with Crippen LogP contribution in [0.1, 0.15) is 39.4 Å². The maximum Gasteiger partial charge on any atom is 0.261 e. The van der Waals surface area contributed by atoms with Crippen molar-refractivity contribution in [1.29, 1.82) is 0 Å². The predicted octanol–water partition coefficient (Wildman–Crippen LogP) is 2.99. The Morgan fingerprint density at radius 2 is 2.00 bits per heavy atom. The molecule has 0 radical (unpaired) electrons. The average Bonchev–Trinajstić information content (AvgIpc) is 2.53. The quantitative estimate of drug-likeness (QED) is 0.793. The molecule has 1 N–H and O–H groups in total. The van der Waals surface area contributed by atoms with Gasteiger partial charge >= 0.3 is 0 Å². The van der Waals surface area contributed by atoms with E-state index in [0.29, 0.717) is 23.2 Å². The molecule has 0 saturated carbocycles. The maximum atomic E-state index is 13.0. The number of ether oxygens (including phenoxy) is 1. The van der Waals surface area contributed by atoms with Crippen molar-refractivity contribution < 1.29 is 4.74 Å². The number of nitrogens with zero attached hydrogens (tertiary/aromatic N) is 2. The molecule has 2 rings (SSSR count). The lowest BCUT2D eigenvalue weighted by Gasteiger charge is -2.23. The van der Waals surface area contributed by atoms with Crippen LogP contribution in [-0.2, 0) is 13.0 Å². The molecule has 0 bridgehead atoms. The Morgan fingerprint density at radius 1 is 1.25 bits per heavy atom. The molecule has 0 aliphatic rings. The number of fused-ring (bicyclic) bond motifs is 1. The Kier molecular flexibility index (Phi) is 5.99. The highest BCUT2D eigenvalue weighted by Gasteiger charge is 2.18. The summed E-state index contributed by atoms with van der Waals surface area (Å²) in [6.07, 6.45) is 2.85. The Morgan fingerprint density at radius 3 is 2.62 bits per heavy atom. The third kappa shape index (κ3) is 4.35. The fourth-order valence-electron chi connectivity index (χ4n) is 2.84. The first-order valence-electron chi connectivity index (χ1n) is 8.58. The standard InChI is InChI=1S/C19H29N3O2/c1-19(2,3)13-22-16(11-6-7-12-20-4)21-17-14(18(22)23)9-8-10-15(17)24-5/h8-10,20H,6-7,11-13H2,1-5H3. The van der Waals surface area contributed by atoms with Gasteiger partial charge in [-0.05, 0) is 44.0 Å². The fraction of sp³-hybridized carbons (Fsp3) is 0.579. The molecule has 0 atom stereocenters. The Labute approximate surface area is 144 Å². The van der Waals surface area contributed by atoms with Crippen LogP contribution in [0, 0.1) is 5.41 Å². The first kappa shape index (κ1) is 18.5. The van der Waals surface area contributed by atoms with Gasteiger partial charge in [-0.1, -0.05) is 26.8 Å². The molecular formula is C19H29N3O2. The van der Waals surface area contributed by atoms with Crippen molar-refractivity contribution in [1.82, 2.24) is 14.9 Å². The SMILES string of the molecule is CNCCCCc1nc2c(OC)cccc2c(=O)n1CC(C)(C)C. The van der Waals surface area contributed by atoms with E-state index in [-0.39, 0.29) is 11.0 Å².